The van der Waals surface area contributed by atoms with Crippen molar-refractivity contribution in [2.75, 3.05) is 7.11 Å². The van der Waals surface area contributed by atoms with Crippen molar-refractivity contribution in [3.63, 3.8) is 0 Å². The summed E-state index contributed by atoms with van der Waals surface area (Å²) in [5.41, 5.74) is 6.94. The van der Waals surface area contributed by atoms with E-state index in [0.717, 1.165) is 5.69 Å². The molecule has 5 nitrogen and oxygen atoms in total. The molecule has 0 aliphatic rings. The first-order chi connectivity index (χ1) is 7.97. The molecule has 1 aromatic heterocycles. The average Bonchev–Trinajstić information content (AvgIpc) is 2.73. The lowest BCUT2D eigenvalue weighted by Gasteiger charge is -2.22. The molecule has 0 aromatic carbocycles. The molecule has 0 fully saturated rings. The molecular weight excluding hydrogens is 218 g/mol. The van der Waals surface area contributed by atoms with Crippen molar-refractivity contribution >= 4 is 5.97 Å². The van der Waals surface area contributed by atoms with Crippen LogP contribution in [0, 0.1) is 0 Å². The number of carbonyl (C=O) groups excluding carboxylic acids is 1. The first-order valence-corrected chi connectivity index (χ1v) is 5.81. The number of rotatable bonds is 5. The average molecular weight is 239 g/mol. The minimum atomic E-state index is -0.246. The maximum atomic E-state index is 11.4. The highest BCUT2D eigenvalue weighted by molar-refractivity contribution is 5.70. The molecule has 17 heavy (non-hydrogen) atoms. The maximum absolute atomic E-state index is 11.4. The predicted molar refractivity (Wildman–Crippen MR) is 65.6 cm³/mol. The summed E-state index contributed by atoms with van der Waals surface area (Å²) in [6.07, 6.45) is 3.83. The van der Waals surface area contributed by atoms with Crippen molar-refractivity contribution in [2.24, 2.45) is 5.73 Å². The zero-order valence-electron chi connectivity index (χ0n) is 10.9. The zero-order valence-corrected chi connectivity index (χ0v) is 10.9. The van der Waals surface area contributed by atoms with Crippen LogP contribution in [0.15, 0.2) is 12.5 Å². The van der Waals surface area contributed by atoms with Crippen LogP contribution in [-0.4, -0.2) is 28.7 Å². The fourth-order valence-corrected chi connectivity index (χ4v) is 1.86. The summed E-state index contributed by atoms with van der Waals surface area (Å²) in [5, 5.41) is 0. The van der Waals surface area contributed by atoms with Crippen molar-refractivity contribution < 1.29 is 9.53 Å². The highest BCUT2D eigenvalue weighted by atomic mass is 16.5. The molecule has 1 aromatic rings. The Kier molecular flexibility index (Phi) is 4.69. The second-order valence-corrected chi connectivity index (χ2v) is 4.57. The zero-order chi connectivity index (χ0) is 13.0. The second kappa shape index (κ2) is 5.82. The van der Waals surface area contributed by atoms with Gasteiger partial charge in [0.2, 0.25) is 0 Å². The van der Waals surface area contributed by atoms with Gasteiger partial charge >= 0.3 is 5.97 Å². The van der Waals surface area contributed by atoms with Crippen molar-refractivity contribution in [2.45, 2.75) is 45.2 Å². The largest absolute Gasteiger partial charge is 0.469 e. The van der Waals surface area contributed by atoms with E-state index in [9.17, 15) is 4.79 Å². The topological polar surface area (TPSA) is 70.1 Å². The van der Waals surface area contributed by atoms with E-state index < -0.39 is 0 Å². The normalized spacial score (nSPS) is 14.7. The summed E-state index contributed by atoms with van der Waals surface area (Å²) >= 11 is 0. The van der Waals surface area contributed by atoms with Crippen molar-refractivity contribution in [3.8, 4) is 0 Å². The minimum Gasteiger partial charge on any atom is -0.469 e. The van der Waals surface area contributed by atoms with Crippen molar-refractivity contribution in [1.29, 1.82) is 0 Å². The number of esters is 1. The molecule has 0 aliphatic carbocycles. The molecule has 1 rings (SSSR count). The first kappa shape index (κ1) is 13.7. The quantitative estimate of drug-likeness (QED) is 0.790. The first-order valence-electron chi connectivity index (χ1n) is 5.81. The SMILES string of the molecule is COC(=O)CC(c1cncn1C(C)C)C(C)N. The van der Waals surface area contributed by atoms with Gasteiger partial charge in [-0.25, -0.2) is 4.98 Å². The third-order valence-corrected chi connectivity index (χ3v) is 2.88. The summed E-state index contributed by atoms with van der Waals surface area (Å²) < 4.78 is 6.74. The number of nitrogens with zero attached hydrogens (tertiary/aromatic N) is 2. The van der Waals surface area contributed by atoms with Crippen LogP contribution >= 0.6 is 0 Å². The number of ether oxygens (including phenoxy) is 1. The van der Waals surface area contributed by atoms with Gasteiger partial charge in [0.25, 0.3) is 0 Å². The van der Waals surface area contributed by atoms with E-state index in [0.29, 0.717) is 6.04 Å². The Morgan fingerprint density at radius 2 is 2.18 bits per heavy atom. The van der Waals surface area contributed by atoms with Crippen LogP contribution in [0.5, 0.6) is 0 Å². The Balaban J connectivity index is 2.97. The molecule has 0 saturated carbocycles. The summed E-state index contributed by atoms with van der Waals surface area (Å²) in [7, 11) is 1.39. The Labute approximate surface area is 102 Å². The van der Waals surface area contributed by atoms with Gasteiger partial charge in [-0.3, -0.25) is 4.79 Å². The summed E-state index contributed by atoms with van der Waals surface area (Å²) in [6.45, 7) is 6.04. The number of carbonyl (C=O) groups is 1. The van der Waals surface area contributed by atoms with Crippen LogP contribution < -0.4 is 5.73 Å². The van der Waals surface area contributed by atoms with Crippen LogP contribution in [0.1, 0.15) is 44.8 Å². The van der Waals surface area contributed by atoms with E-state index in [4.69, 9.17) is 10.5 Å². The van der Waals surface area contributed by atoms with Gasteiger partial charge in [0.05, 0.1) is 19.9 Å². The molecule has 0 aliphatic heterocycles. The van der Waals surface area contributed by atoms with Crippen LogP contribution in [0.3, 0.4) is 0 Å². The van der Waals surface area contributed by atoms with Gasteiger partial charge < -0.3 is 15.0 Å². The van der Waals surface area contributed by atoms with Gasteiger partial charge in [-0.1, -0.05) is 0 Å². The third kappa shape index (κ3) is 3.30. The van der Waals surface area contributed by atoms with Gasteiger partial charge in [0.1, 0.15) is 0 Å². The third-order valence-electron chi connectivity index (χ3n) is 2.88. The molecule has 5 heteroatoms. The van der Waals surface area contributed by atoms with E-state index >= 15 is 0 Å². The predicted octanol–water partition coefficient (Wildman–Crippen LogP) is 1.46. The van der Waals surface area contributed by atoms with E-state index in [2.05, 4.69) is 18.8 Å². The lowest BCUT2D eigenvalue weighted by Crippen LogP contribution is -2.29. The van der Waals surface area contributed by atoms with Gasteiger partial charge in [0.15, 0.2) is 0 Å². The Bertz CT molecular complexity index is 372. The highest BCUT2D eigenvalue weighted by Gasteiger charge is 2.24. The number of methoxy groups -OCH3 is 1. The molecular formula is C12H21N3O2. The molecule has 2 N–H and O–H groups in total. The van der Waals surface area contributed by atoms with Crippen LogP contribution in [-0.2, 0) is 9.53 Å². The maximum Gasteiger partial charge on any atom is 0.306 e. The van der Waals surface area contributed by atoms with Crippen LogP contribution in [0.4, 0.5) is 0 Å². The standard InChI is InChI=1S/C12H21N3O2/c1-8(2)15-7-14-6-11(15)10(9(3)13)5-12(16)17-4/h6-10H,5,13H2,1-4H3. The minimum absolute atomic E-state index is 0.0626. The molecule has 0 radical (unpaired) electrons. The van der Waals surface area contributed by atoms with Crippen LogP contribution in [0.2, 0.25) is 0 Å². The number of hydrogen-bond donors (Lipinski definition) is 1. The number of aromatic nitrogens is 2. The molecule has 2 unspecified atom stereocenters. The van der Waals surface area contributed by atoms with Crippen LogP contribution in [0.25, 0.3) is 0 Å². The van der Waals surface area contributed by atoms with Gasteiger partial charge in [-0.2, -0.15) is 0 Å². The number of nitrogens with two attached hydrogens (primary N) is 1. The monoisotopic (exact) mass is 239 g/mol. The fourth-order valence-electron chi connectivity index (χ4n) is 1.86. The summed E-state index contributed by atoms with van der Waals surface area (Å²) in [5.74, 6) is -0.309. The Morgan fingerprint density at radius 1 is 1.53 bits per heavy atom. The molecule has 1 heterocycles. The lowest BCUT2D eigenvalue weighted by molar-refractivity contribution is -0.141. The van der Waals surface area contributed by atoms with Gasteiger partial charge in [-0.05, 0) is 20.8 Å². The van der Waals surface area contributed by atoms with Crippen molar-refractivity contribution in [1.82, 2.24) is 9.55 Å². The molecule has 96 valence electrons. The molecule has 0 spiro atoms. The molecule has 0 bridgehead atoms. The highest BCUT2D eigenvalue weighted by Crippen LogP contribution is 2.25. The number of imidazole rings is 1. The van der Waals surface area contributed by atoms with Crippen molar-refractivity contribution in [3.05, 3.63) is 18.2 Å². The van der Waals surface area contributed by atoms with E-state index in [-0.39, 0.29) is 24.3 Å². The number of hydrogen-bond acceptors (Lipinski definition) is 4. The molecule has 0 saturated heterocycles. The second-order valence-electron chi connectivity index (χ2n) is 4.57. The summed E-state index contributed by atoms with van der Waals surface area (Å²) in [4.78, 5) is 15.5. The Hall–Kier alpha value is -1.36. The fraction of sp³-hybridized carbons (Fsp3) is 0.667. The van der Waals surface area contributed by atoms with E-state index in [1.807, 2.05) is 11.5 Å². The molecule has 0 amide bonds. The van der Waals surface area contributed by atoms with Gasteiger partial charge in [0, 0.05) is 29.9 Å². The molecule has 2 atom stereocenters. The summed E-state index contributed by atoms with van der Waals surface area (Å²) in [6, 6.07) is 0.176. The van der Waals surface area contributed by atoms with E-state index in [1.165, 1.54) is 7.11 Å². The Morgan fingerprint density at radius 3 is 2.65 bits per heavy atom. The smallest absolute Gasteiger partial charge is 0.306 e. The lowest BCUT2D eigenvalue weighted by atomic mass is 9.94. The van der Waals surface area contributed by atoms with E-state index in [1.54, 1.807) is 12.5 Å². The van der Waals surface area contributed by atoms with Gasteiger partial charge in [-0.15, -0.1) is 0 Å².